The first-order chi connectivity index (χ1) is 10.2. The van der Waals surface area contributed by atoms with Crippen molar-refractivity contribution in [1.29, 1.82) is 0 Å². The summed E-state index contributed by atoms with van der Waals surface area (Å²) < 4.78 is 1.34. The molecule has 0 spiro atoms. The summed E-state index contributed by atoms with van der Waals surface area (Å²) in [6, 6.07) is 20.5. The maximum atomic E-state index is 3.69. The molecule has 0 aromatic heterocycles. The van der Waals surface area contributed by atoms with Gasteiger partial charge in [-0.05, 0) is 53.6 Å². The molecule has 0 radical (unpaired) electrons. The highest BCUT2D eigenvalue weighted by Gasteiger charge is 2.26. The summed E-state index contributed by atoms with van der Waals surface area (Å²) in [4.78, 5) is 2.55. The van der Waals surface area contributed by atoms with Crippen molar-refractivity contribution in [3.05, 3.63) is 63.7 Å². The van der Waals surface area contributed by atoms with Crippen molar-refractivity contribution in [1.82, 2.24) is 5.32 Å². The Morgan fingerprint density at radius 1 is 1.10 bits per heavy atom. The molecule has 110 valence electrons. The summed E-state index contributed by atoms with van der Waals surface area (Å²) in [7, 11) is 0. The number of para-hydroxylation sites is 1. The van der Waals surface area contributed by atoms with Crippen LogP contribution in [0.3, 0.4) is 0 Å². The maximum Gasteiger partial charge on any atom is 0.0505 e. The second-order valence-corrected chi connectivity index (χ2v) is 6.91. The van der Waals surface area contributed by atoms with Crippen LogP contribution in [0.25, 0.3) is 0 Å². The van der Waals surface area contributed by atoms with E-state index in [2.05, 4.69) is 94.3 Å². The molecule has 1 aliphatic rings. The van der Waals surface area contributed by atoms with Gasteiger partial charge in [0.15, 0.2) is 0 Å². The van der Waals surface area contributed by atoms with Gasteiger partial charge in [-0.25, -0.2) is 0 Å². The van der Waals surface area contributed by atoms with Crippen LogP contribution >= 0.6 is 22.6 Å². The van der Waals surface area contributed by atoms with Crippen LogP contribution in [0, 0.1) is 3.57 Å². The highest BCUT2D eigenvalue weighted by molar-refractivity contribution is 14.1. The Kier molecular flexibility index (Phi) is 4.80. The number of hydrogen-bond acceptors (Lipinski definition) is 2. The van der Waals surface area contributed by atoms with E-state index >= 15 is 0 Å². The van der Waals surface area contributed by atoms with Gasteiger partial charge in [0.1, 0.15) is 0 Å². The van der Waals surface area contributed by atoms with E-state index in [9.17, 15) is 0 Å². The number of benzene rings is 2. The van der Waals surface area contributed by atoms with Crippen LogP contribution in [0.1, 0.15) is 12.5 Å². The summed E-state index contributed by atoms with van der Waals surface area (Å²) in [5, 5.41) is 3.69. The smallest absolute Gasteiger partial charge is 0.0505 e. The van der Waals surface area contributed by atoms with Gasteiger partial charge >= 0.3 is 0 Å². The third kappa shape index (κ3) is 3.58. The average molecular weight is 392 g/mol. The van der Waals surface area contributed by atoms with Gasteiger partial charge in [0, 0.05) is 28.7 Å². The number of nitrogens with one attached hydrogen (secondary N) is 1. The highest BCUT2D eigenvalue weighted by atomic mass is 127. The fraction of sp³-hybridized carbons (Fsp3) is 0.333. The zero-order valence-corrected chi connectivity index (χ0v) is 14.5. The Bertz CT molecular complexity index is 585. The van der Waals surface area contributed by atoms with Crippen molar-refractivity contribution in [3.63, 3.8) is 0 Å². The van der Waals surface area contributed by atoms with Crippen LogP contribution in [0.4, 0.5) is 5.69 Å². The first-order valence-corrected chi connectivity index (χ1v) is 8.60. The van der Waals surface area contributed by atoms with Crippen molar-refractivity contribution >= 4 is 28.3 Å². The van der Waals surface area contributed by atoms with Crippen molar-refractivity contribution in [3.8, 4) is 0 Å². The molecular weight excluding hydrogens is 371 g/mol. The average Bonchev–Trinajstić information content (AvgIpc) is 2.51. The van der Waals surface area contributed by atoms with E-state index in [1.165, 1.54) is 14.8 Å². The Labute approximate surface area is 140 Å². The second kappa shape index (κ2) is 6.79. The third-order valence-electron chi connectivity index (χ3n) is 4.14. The minimum atomic E-state index is 0.514. The first-order valence-electron chi connectivity index (χ1n) is 7.52. The molecule has 2 unspecified atom stereocenters. The third-order valence-corrected chi connectivity index (χ3v) is 5.05. The van der Waals surface area contributed by atoms with Crippen LogP contribution in [0.2, 0.25) is 0 Å². The monoisotopic (exact) mass is 392 g/mol. The largest absolute Gasteiger partial charge is 0.365 e. The Hall–Kier alpha value is -1.07. The van der Waals surface area contributed by atoms with Gasteiger partial charge in [-0.1, -0.05) is 42.5 Å². The highest BCUT2D eigenvalue weighted by Crippen LogP contribution is 2.26. The predicted molar refractivity (Wildman–Crippen MR) is 97.9 cm³/mol. The summed E-state index contributed by atoms with van der Waals surface area (Å²) >= 11 is 2.44. The Morgan fingerprint density at radius 3 is 2.57 bits per heavy atom. The lowest BCUT2D eigenvalue weighted by atomic mass is 10.0. The molecule has 1 aliphatic heterocycles. The van der Waals surface area contributed by atoms with E-state index in [1.54, 1.807) is 0 Å². The fourth-order valence-electron chi connectivity index (χ4n) is 2.99. The predicted octanol–water partition coefficient (Wildman–Crippen LogP) is 3.70. The molecule has 1 N–H and O–H groups in total. The number of halogens is 1. The minimum absolute atomic E-state index is 0.514. The summed E-state index contributed by atoms with van der Waals surface area (Å²) in [5.74, 6) is 0. The van der Waals surface area contributed by atoms with Crippen molar-refractivity contribution in [2.75, 3.05) is 18.0 Å². The van der Waals surface area contributed by atoms with Crippen LogP contribution < -0.4 is 10.2 Å². The molecular formula is C18H21IN2. The van der Waals surface area contributed by atoms with E-state index in [4.69, 9.17) is 0 Å². The molecule has 3 rings (SSSR count). The van der Waals surface area contributed by atoms with Gasteiger partial charge in [-0.2, -0.15) is 0 Å². The van der Waals surface area contributed by atoms with Gasteiger partial charge < -0.3 is 10.2 Å². The van der Waals surface area contributed by atoms with Gasteiger partial charge in [0.05, 0.1) is 5.69 Å². The van der Waals surface area contributed by atoms with E-state index in [0.717, 1.165) is 19.5 Å². The van der Waals surface area contributed by atoms with Gasteiger partial charge in [0.25, 0.3) is 0 Å². The summed E-state index contributed by atoms with van der Waals surface area (Å²) in [6.45, 7) is 4.41. The van der Waals surface area contributed by atoms with Gasteiger partial charge in [-0.3, -0.25) is 0 Å². The molecule has 1 fully saturated rings. The summed E-state index contributed by atoms with van der Waals surface area (Å²) in [5.41, 5.74) is 2.78. The van der Waals surface area contributed by atoms with Crippen LogP contribution in [0.5, 0.6) is 0 Å². The van der Waals surface area contributed by atoms with Crippen molar-refractivity contribution in [2.24, 2.45) is 0 Å². The maximum absolute atomic E-state index is 3.69. The Morgan fingerprint density at radius 2 is 1.81 bits per heavy atom. The molecule has 0 bridgehead atoms. The van der Waals surface area contributed by atoms with Gasteiger partial charge in [0.2, 0.25) is 0 Å². The van der Waals surface area contributed by atoms with E-state index in [1.807, 2.05) is 0 Å². The molecule has 2 atom stereocenters. The molecule has 21 heavy (non-hydrogen) atoms. The standard InChI is InChI=1S/C18H21IN2/c1-14-12-20-16(11-15-7-3-2-4-8-15)13-21(14)18-10-6-5-9-17(18)19/h2-10,14,16,20H,11-13H2,1H3. The van der Waals surface area contributed by atoms with Gasteiger partial charge in [-0.15, -0.1) is 0 Å². The topological polar surface area (TPSA) is 15.3 Å². The normalized spacial score (nSPS) is 22.3. The minimum Gasteiger partial charge on any atom is -0.365 e. The first kappa shape index (κ1) is 14.9. The number of anilines is 1. The summed E-state index contributed by atoms with van der Waals surface area (Å²) in [6.07, 6.45) is 1.09. The quantitative estimate of drug-likeness (QED) is 0.802. The number of piperazine rings is 1. The van der Waals surface area contributed by atoms with Crippen LogP contribution in [0.15, 0.2) is 54.6 Å². The molecule has 0 aliphatic carbocycles. The zero-order chi connectivity index (χ0) is 14.7. The van der Waals surface area contributed by atoms with Crippen LogP contribution in [-0.2, 0) is 6.42 Å². The number of hydrogen-bond donors (Lipinski definition) is 1. The molecule has 0 saturated carbocycles. The molecule has 1 saturated heterocycles. The molecule has 2 aromatic rings. The molecule has 0 amide bonds. The van der Waals surface area contributed by atoms with E-state index in [0.29, 0.717) is 12.1 Å². The number of nitrogens with zero attached hydrogens (tertiary/aromatic N) is 1. The molecule has 2 aromatic carbocycles. The fourth-order valence-corrected chi connectivity index (χ4v) is 3.68. The lowest BCUT2D eigenvalue weighted by Crippen LogP contribution is -2.56. The molecule has 3 heteroatoms. The molecule has 2 nitrogen and oxygen atoms in total. The van der Waals surface area contributed by atoms with Crippen molar-refractivity contribution < 1.29 is 0 Å². The SMILES string of the molecule is CC1CNC(Cc2ccccc2)CN1c1ccccc1I. The second-order valence-electron chi connectivity index (χ2n) is 5.75. The molecule has 1 heterocycles. The Balaban J connectivity index is 1.74. The number of rotatable bonds is 3. The van der Waals surface area contributed by atoms with E-state index < -0.39 is 0 Å². The van der Waals surface area contributed by atoms with Crippen LogP contribution in [-0.4, -0.2) is 25.2 Å². The zero-order valence-electron chi connectivity index (χ0n) is 12.3. The lowest BCUT2D eigenvalue weighted by molar-refractivity contribution is 0.403. The van der Waals surface area contributed by atoms with Crippen molar-refractivity contribution in [2.45, 2.75) is 25.4 Å². The van der Waals surface area contributed by atoms with E-state index in [-0.39, 0.29) is 0 Å². The lowest BCUT2D eigenvalue weighted by Gasteiger charge is -2.41.